The molecule has 0 fully saturated rings. The summed E-state index contributed by atoms with van der Waals surface area (Å²) < 4.78 is 5.77. The summed E-state index contributed by atoms with van der Waals surface area (Å²) in [6, 6.07) is 22.5. The zero-order chi connectivity index (χ0) is 24.2. The molecule has 0 saturated carbocycles. The Morgan fingerprint density at radius 3 is 2.47 bits per heavy atom. The number of allylic oxidation sites excluding steroid dienone is 3. The molecule has 1 aliphatic carbocycles. The predicted molar refractivity (Wildman–Crippen MR) is 141 cm³/mol. The number of hydrogen-bond donors (Lipinski definition) is 1. The lowest BCUT2D eigenvalue weighted by atomic mass is 9.86. The maximum absolute atomic E-state index is 10.9. The summed E-state index contributed by atoms with van der Waals surface area (Å²) in [6.45, 7) is 4.20. The third-order valence-electron chi connectivity index (χ3n) is 6.14. The Bertz CT molecular complexity index is 1330. The highest BCUT2D eigenvalue weighted by Gasteiger charge is 2.26. The molecule has 0 unspecified atom stereocenters. The highest BCUT2D eigenvalue weighted by atomic mass is 35.5. The Labute approximate surface area is 205 Å². The fourth-order valence-electron chi connectivity index (χ4n) is 4.53. The van der Waals surface area contributed by atoms with E-state index in [2.05, 4.69) is 44.2 Å². The molecule has 0 radical (unpaired) electrons. The molecule has 1 N–H and O–H groups in total. The van der Waals surface area contributed by atoms with Crippen LogP contribution in [0.2, 0.25) is 0 Å². The van der Waals surface area contributed by atoms with Crippen LogP contribution < -0.4 is 4.74 Å². The van der Waals surface area contributed by atoms with E-state index in [1.54, 1.807) is 13.2 Å². The van der Waals surface area contributed by atoms with Crippen LogP contribution in [0.5, 0.6) is 5.75 Å². The van der Waals surface area contributed by atoms with Crippen molar-refractivity contribution in [3.05, 3.63) is 112 Å². The minimum atomic E-state index is -0.968. The summed E-state index contributed by atoms with van der Waals surface area (Å²) in [4.78, 5) is 10.9. The van der Waals surface area contributed by atoms with Crippen molar-refractivity contribution in [1.82, 2.24) is 0 Å². The van der Waals surface area contributed by atoms with Crippen LogP contribution in [0.4, 0.5) is 0 Å². The molecule has 172 valence electrons. The number of aryl methyl sites for hydroxylation is 1. The number of halogens is 1. The van der Waals surface area contributed by atoms with Crippen LogP contribution in [-0.4, -0.2) is 18.2 Å². The Morgan fingerprint density at radius 1 is 1.09 bits per heavy atom. The molecule has 4 heteroatoms. The van der Waals surface area contributed by atoms with Crippen LogP contribution in [0, 0.1) is 6.92 Å². The highest BCUT2D eigenvalue weighted by molar-refractivity contribution is 6.51. The van der Waals surface area contributed by atoms with Crippen molar-refractivity contribution in [2.24, 2.45) is 0 Å². The Morgan fingerprint density at radius 2 is 1.82 bits per heavy atom. The Balaban J connectivity index is 1.94. The number of rotatable bonds is 7. The van der Waals surface area contributed by atoms with E-state index in [1.807, 2.05) is 36.4 Å². The van der Waals surface area contributed by atoms with Gasteiger partial charge in [-0.15, -0.1) is 0 Å². The van der Waals surface area contributed by atoms with Gasteiger partial charge in [0.05, 0.1) is 12.1 Å². The summed E-state index contributed by atoms with van der Waals surface area (Å²) in [7, 11) is 1.70. The number of carboxylic acid groups (broad SMARTS) is 1. The molecule has 0 aliphatic heterocycles. The quantitative estimate of drug-likeness (QED) is 0.285. The number of methoxy groups -OCH3 is 1. The molecule has 0 spiro atoms. The largest absolute Gasteiger partial charge is 0.496 e. The van der Waals surface area contributed by atoms with Gasteiger partial charge in [-0.05, 0) is 70.0 Å². The van der Waals surface area contributed by atoms with Crippen molar-refractivity contribution in [1.29, 1.82) is 0 Å². The topological polar surface area (TPSA) is 46.5 Å². The van der Waals surface area contributed by atoms with Gasteiger partial charge in [-0.25, -0.2) is 4.79 Å². The van der Waals surface area contributed by atoms with Gasteiger partial charge in [0.1, 0.15) is 5.75 Å². The van der Waals surface area contributed by atoms with E-state index in [1.165, 1.54) is 5.56 Å². The van der Waals surface area contributed by atoms with Crippen LogP contribution in [-0.2, 0) is 11.2 Å². The summed E-state index contributed by atoms with van der Waals surface area (Å²) in [5.74, 6) is -0.132. The lowest BCUT2D eigenvalue weighted by Gasteiger charge is -2.20. The molecular formula is C30H27ClO3. The molecule has 3 aromatic rings. The third kappa shape index (κ3) is 4.71. The number of aliphatic carboxylic acids is 1. The normalized spacial score (nSPS) is 13.8. The molecule has 0 atom stereocenters. The Hall–Kier alpha value is -3.56. The molecule has 4 rings (SSSR count). The van der Waals surface area contributed by atoms with E-state index in [9.17, 15) is 4.79 Å². The second kappa shape index (κ2) is 10.1. The van der Waals surface area contributed by atoms with Gasteiger partial charge in [0.25, 0.3) is 0 Å². The molecule has 3 aromatic carbocycles. The molecule has 3 nitrogen and oxygen atoms in total. The summed E-state index contributed by atoms with van der Waals surface area (Å²) in [5, 5.41) is 9.72. The highest BCUT2D eigenvalue weighted by Crippen LogP contribution is 2.46. The Kier molecular flexibility index (Phi) is 7.04. The number of fused-ring (bicyclic) bond motifs is 1. The van der Waals surface area contributed by atoms with Gasteiger partial charge in [-0.2, -0.15) is 0 Å². The van der Waals surface area contributed by atoms with Crippen LogP contribution >= 0.6 is 11.6 Å². The van der Waals surface area contributed by atoms with Gasteiger partial charge in [-0.1, -0.05) is 79.2 Å². The maximum Gasteiger partial charge on any atom is 0.328 e. The molecule has 0 bridgehead atoms. The standard InChI is InChI=1S/C30H27ClO3/c1-4-23(25-15-9-19(2)17-27(25)34-3)29(21-13-10-20(11-14-21)12-16-28(32)33)26-18-22-7-5-6-8-24(22)30(26)31/h5-17H,4,18H2,1-3H3,(H,32,33)/b16-12+,29-23+. The number of carboxylic acids is 1. The fraction of sp³-hybridized carbons (Fsp3) is 0.167. The van der Waals surface area contributed by atoms with Crippen LogP contribution in [0.1, 0.15) is 46.7 Å². The van der Waals surface area contributed by atoms with Crippen molar-refractivity contribution in [3.63, 3.8) is 0 Å². The van der Waals surface area contributed by atoms with Crippen molar-refractivity contribution in [2.45, 2.75) is 26.7 Å². The molecule has 0 saturated heterocycles. The minimum Gasteiger partial charge on any atom is -0.496 e. The predicted octanol–water partition coefficient (Wildman–Crippen LogP) is 7.63. The monoisotopic (exact) mass is 470 g/mol. The number of hydrogen-bond acceptors (Lipinski definition) is 2. The number of ether oxygens (including phenoxy) is 1. The first-order chi connectivity index (χ1) is 16.4. The van der Waals surface area contributed by atoms with Gasteiger partial charge in [0, 0.05) is 18.1 Å². The molecule has 0 amide bonds. The van der Waals surface area contributed by atoms with Gasteiger partial charge in [0.15, 0.2) is 0 Å². The molecule has 1 aliphatic rings. The zero-order valence-electron chi connectivity index (χ0n) is 19.6. The molecule has 34 heavy (non-hydrogen) atoms. The van der Waals surface area contributed by atoms with Gasteiger partial charge in [-0.3, -0.25) is 0 Å². The van der Waals surface area contributed by atoms with E-state index in [4.69, 9.17) is 21.4 Å². The van der Waals surface area contributed by atoms with Crippen molar-refractivity contribution < 1.29 is 14.6 Å². The third-order valence-corrected chi connectivity index (χ3v) is 6.57. The first-order valence-corrected chi connectivity index (χ1v) is 11.7. The first-order valence-electron chi connectivity index (χ1n) is 11.3. The van der Waals surface area contributed by atoms with E-state index in [0.29, 0.717) is 0 Å². The number of benzene rings is 3. The summed E-state index contributed by atoms with van der Waals surface area (Å²) in [5.41, 5.74) is 9.68. The van der Waals surface area contributed by atoms with Crippen LogP contribution in [0.15, 0.2) is 78.4 Å². The second-order valence-corrected chi connectivity index (χ2v) is 8.71. The van der Waals surface area contributed by atoms with Gasteiger partial charge < -0.3 is 9.84 Å². The lowest BCUT2D eigenvalue weighted by molar-refractivity contribution is -0.131. The van der Waals surface area contributed by atoms with Gasteiger partial charge in [0.2, 0.25) is 0 Å². The average Bonchev–Trinajstić information content (AvgIpc) is 3.18. The summed E-state index contributed by atoms with van der Waals surface area (Å²) >= 11 is 6.99. The van der Waals surface area contributed by atoms with Crippen LogP contribution in [0.25, 0.3) is 22.3 Å². The molecule has 0 aromatic heterocycles. The number of carbonyl (C=O) groups is 1. The minimum absolute atomic E-state index is 0.753. The first kappa shape index (κ1) is 23.6. The van der Waals surface area contributed by atoms with E-state index >= 15 is 0 Å². The van der Waals surface area contributed by atoms with Crippen molar-refractivity contribution in [3.8, 4) is 5.75 Å². The smallest absolute Gasteiger partial charge is 0.328 e. The molecular weight excluding hydrogens is 444 g/mol. The van der Waals surface area contributed by atoms with Crippen molar-refractivity contribution in [2.75, 3.05) is 7.11 Å². The lowest BCUT2D eigenvalue weighted by Crippen LogP contribution is -2.00. The van der Waals surface area contributed by atoms with Crippen molar-refractivity contribution >= 4 is 39.8 Å². The molecule has 0 heterocycles. The van der Waals surface area contributed by atoms with E-state index in [-0.39, 0.29) is 0 Å². The maximum atomic E-state index is 10.9. The second-order valence-electron chi connectivity index (χ2n) is 8.33. The van der Waals surface area contributed by atoms with E-state index < -0.39 is 5.97 Å². The SMILES string of the molecule is CC/C(=C(\C1=C(Cl)c2ccccc2C1)c1ccc(/C=C/C(=O)O)cc1)c1ccc(C)cc1OC. The van der Waals surface area contributed by atoms with Crippen LogP contribution in [0.3, 0.4) is 0 Å². The van der Waals surface area contributed by atoms with Gasteiger partial charge >= 0.3 is 5.97 Å². The van der Waals surface area contributed by atoms with E-state index in [0.717, 1.165) is 74.2 Å². The zero-order valence-corrected chi connectivity index (χ0v) is 20.3. The summed E-state index contributed by atoms with van der Waals surface area (Å²) in [6.07, 6.45) is 4.28. The fourth-order valence-corrected chi connectivity index (χ4v) is 4.87. The average molecular weight is 471 g/mol.